The van der Waals surface area contributed by atoms with Crippen LogP contribution in [0.1, 0.15) is 57.7 Å². The molecule has 1 fully saturated rings. The molecule has 8 heteroatoms. The zero-order chi connectivity index (χ0) is 25.3. The van der Waals surface area contributed by atoms with E-state index in [1.165, 1.54) is 11.1 Å². The van der Waals surface area contributed by atoms with E-state index in [1.807, 2.05) is 11.8 Å². The van der Waals surface area contributed by atoms with Crippen LogP contribution in [0.2, 0.25) is 0 Å². The van der Waals surface area contributed by atoms with Gasteiger partial charge >= 0.3 is 0 Å². The Hall–Kier alpha value is -2.45. The number of ether oxygens (including phenoxy) is 1. The average Bonchev–Trinajstić information content (AvgIpc) is 2.85. The summed E-state index contributed by atoms with van der Waals surface area (Å²) in [6.07, 6.45) is 13.4. The molecular formula is C27H43N5O3. The number of rotatable bonds is 6. The molecule has 1 aromatic heterocycles. The Morgan fingerprint density at radius 3 is 2.51 bits per heavy atom. The molecule has 3 heterocycles. The number of allylic oxidation sites excluding steroid dienone is 2. The number of amides is 1. The molecule has 0 unspecified atom stereocenters. The third-order valence-electron chi connectivity index (χ3n) is 6.72. The van der Waals surface area contributed by atoms with Gasteiger partial charge in [0.15, 0.2) is 0 Å². The van der Waals surface area contributed by atoms with Crippen molar-refractivity contribution in [3.05, 3.63) is 35.1 Å². The standard InChI is InChI=1S/C22H31N5O2.C5H12O/c1-25(16-18-6-3-2-4-7-18)22-23-20-9-11-26(17-28)10-5-8-19(20)21(24-22)27-12-14-29-15-13-27;1-4-5(2,3)6/h3,6-7,17H,2,4-5,8-16H2,1H3;6H,4H2,1-3H3. The molecule has 8 nitrogen and oxygen atoms in total. The van der Waals surface area contributed by atoms with Crippen molar-refractivity contribution >= 4 is 18.2 Å². The fourth-order valence-electron chi connectivity index (χ4n) is 4.23. The number of aliphatic hydroxyl groups is 1. The molecule has 0 aromatic carbocycles. The highest BCUT2D eigenvalue weighted by atomic mass is 16.5. The molecule has 1 aromatic rings. The Morgan fingerprint density at radius 1 is 1.14 bits per heavy atom. The molecule has 3 aliphatic rings. The molecule has 1 N–H and O–H groups in total. The maximum absolute atomic E-state index is 11.3. The van der Waals surface area contributed by atoms with E-state index in [1.54, 1.807) is 13.8 Å². The van der Waals surface area contributed by atoms with Crippen molar-refractivity contribution in [2.24, 2.45) is 0 Å². The largest absolute Gasteiger partial charge is 0.390 e. The third-order valence-corrected chi connectivity index (χ3v) is 6.72. The molecule has 0 bridgehead atoms. The highest BCUT2D eigenvalue weighted by Crippen LogP contribution is 2.28. The predicted molar refractivity (Wildman–Crippen MR) is 141 cm³/mol. The highest BCUT2D eigenvalue weighted by Gasteiger charge is 2.24. The van der Waals surface area contributed by atoms with Crippen molar-refractivity contribution in [1.29, 1.82) is 0 Å². The predicted octanol–water partition coefficient (Wildman–Crippen LogP) is 3.14. The van der Waals surface area contributed by atoms with Gasteiger partial charge in [0, 0.05) is 51.8 Å². The lowest BCUT2D eigenvalue weighted by molar-refractivity contribution is -0.118. The van der Waals surface area contributed by atoms with E-state index >= 15 is 0 Å². The van der Waals surface area contributed by atoms with Crippen LogP contribution in [0, 0.1) is 0 Å². The zero-order valence-corrected chi connectivity index (χ0v) is 22.0. The lowest BCUT2D eigenvalue weighted by Crippen LogP contribution is -2.39. The van der Waals surface area contributed by atoms with Gasteiger partial charge in [-0.15, -0.1) is 0 Å². The summed E-state index contributed by atoms with van der Waals surface area (Å²) < 4.78 is 5.56. The van der Waals surface area contributed by atoms with E-state index in [9.17, 15) is 4.79 Å². The first-order chi connectivity index (χ1) is 16.8. The molecular weight excluding hydrogens is 442 g/mol. The molecule has 1 saturated heterocycles. The minimum atomic E-state index is -0.458. The number of anilines is 2. The molecule has 1 aliphatic carbocycles. The third kappa shape index (κ3) is 8.32. The average molecular weight is 486 g/mol. The summed E-state index contributed by atoms with van der Waals surface area (Å²) in [5.74, 6) is 1.83. The molecule has 0 saturated carbocycles. The van der Waals surface area contributed by atoms with E-state index < -0.39 is 5.60 Å². The Morgan fingerprint density at radius 2 is 1.89 bits per heavy atom. The smallest absolute Gasteiger partial charge is 0.227 e. The van der Waals surface area contributed by atoms with Crippen LogP contribution in [0.4, 0.5) is 11.8 Å². The van der Waals surface area contributed by atoms with Crippen LogP contribution in [0.25, 0.3) is 0 Å². The normalized spacial score (nSPS) is 18.5. The van der Waals surface area contributed by atoms with Crippen molar-refractivity contribution in [2.45, 2.75) is 64.9 Å². The van der Waals surface area contributed by atoms with E-state index in [4.69, 9.17) is 19.8 Å². The first-order valence-corrected chi connectivity index (χ1v) is 13.0. The number of carbonyl (C=O) groups is 1. The summed E-state index contributed by atoms with van der Waals surface area (Å²) in [6.45, 7) is 11.1. The molecule has 0 atom stereocenters. The van der Waals surface area contributed by atoms with Crippen LogP contribution >= 0.6 is 0 Å². The van der Waals surface area contributed by atoms with Gasteiger partial charge in [0.25, 0.3) is 0 Å². The maximum Gasteiger partial charge on any atom is 0.227 e. The second-order valence-corrected chi connectivity index (χ2v) is 10.1. The van der Waals surface area contributed by atoms with Crippen molar-refractivity contribution in [3.63, 3.8) is 0 Å². The summed E-state index contributed by atoms with van der Waals surface area (Å²) in [5.41, 5.74) is 3.20. The molecule has 0 spiro atoms. The number of likely N-dealkylation sites (N-methyl/N-ethyl adjacent to an activating group) is 1. The van der Waals surface area contributed by atoms with Gasteiger partial charge in [-0.2, -0.15) is 4.98 Å². The number of fused-ring (bicyclic) bond motifs is 1. The lowest BCUT2D eigenvalue weighted by atomic mass is 10.0. The molecule has 2 aliphatic heterocycles. The summed E-state index contributed by atoms with van der Waals surface area (Å²) in [4.78, 5) is 27.7. The Labute approximate surface area is 210 Å². The number of nitrogens with zero attached hydrogens (tertiary/aromatic N) is 5. The number of morpholine rings is 1. The van der Waals surface area contributed by atoms with Gasteiger partial charge in [-0.1, -0.05) is 25.2 Å². The Kier molecular flexibility index (Phi) is 10.1. The van der Waals surface area contributed by atoms with Gasteiger partial charge < -0.3 is 24.5 Å². The van der Waals surface area contributed by atoms with Crippen molar-refractivity contribution in [2.75, 3.05) is 62.8 Å². The highest BCUT2D eigenvalue weighted by molar-refractivity contribution is 5.55. The molecule has 1 amide bonds. The van der Waals surface area contributed by atoms with Crippen molar-refractivity contribution in [1.82, 2.24) is 14.9 Å². The quantitative estimate of drug-likeness (QED) is 0.620. The number of carbonyl (C=O) groups excluding carboxylic acids is 1. The van der Waals surface area contributed by atoms with Crippen molar-refractivity contribution < 1.29 is 14.6 Å². The number of hydrogen-bond donors (Lipinski definition) is 1. The summed E-state index contributed by atoms with van der Waals surface area (Å²) >= 11 is 0. The SMILES string of the molecule is CCC(C)(C)O.CN(CC1=CCCC=C1)c1nc2c(c(N3CCOCC3)n1)CCCN(C=O)CC2. The monoisotopic (exact) mass is 485 g/mol. The zero-order valence-electron chi connectivity index (χ0n) is 22.0. The van der Waals surface area contributed by atoms with Crippen LogP contribution < -0.4 is 9.80 Å². The van der Waals surface area contributed by atoms with E-state index in [2.05, 4.69) is 35.1 Å². The first kappa shape index (κ1) is 27.1. The summed E-state index contributed by atoms with van der Waals surface area (Å²) in [6, 6.07) is 0. The van der Waals surface area contributed by atoms with Crippen LogP contribution in [-0.2, 0) is 22.4 Å². The minimum absolute atomic E-state index is 0.458. The van der Waals surface area contributed by atoms with Crippen LogP contribution in [0.3, 0.4) is 0 Å². The van der Waals surface area contributed by atoms with E-state index in [0.29, 0.717) is 6.54 Å². The number of aromatic nitrogens is 2. The van der Waals surface area contributed by atoms with Gasteiger partial charge in [0.1, 0.15) is 5.82 Å². The van der Waals surface area contributed by atoms with Gasteiger partial charge in [0.05, 0.1) is 24.5 Å². The second-order valence-electron chi connectivity index (χ2n) is 10.1. The fourth-order valence-corrected chi connectivity index (χ4v) is 4.23. The van der Waals surface area contributed by atoms with Gasteiger partial charge in [-0.3, -0.25) is 4.79 Å². The summed E-state index contributed by atoms with van der Waals surface area (Å²) in [5, 5.41) is 8.83. The Bertz CT molecular complexity index is 888. The molecule has 4 rings (SSSR count). The first-order valence-electron chi connectivity index (χ1n) is 13.0. The van der Waals surface area contributed by atoms with Crippen LogP contribution in [-0.4, -0.2) is 85.0 Å². The van der Waals surface area contributed by atoms with E-state index in [-0.39, 0.29) is 0 Å². The van der Waals surface area contributed by atoms with Gasteiger partial charge in [-0.05, 0) is 51.5 Å². The van der Waals surface area contributed by atoms with Gasteiger partial charge in [-0.25, -0.2) is 4.98 Å². The van der Waals surface area contributed by atoms with Gasteiger partial charge in [0.2, 0.25) is 12.4 Å². The van der Waals surface area contributed by atoms with Crippen molar-refractivity contribution in [3.8, 4) is 0 Å². The van der Waals surface area contributed by atoms with Crippen LogP contribution in [0.15, 0.2) is 23.8 Å². The molecule has 194 valence electrons. The van der Waals surface area contributed by atoms with Crippen LogP contribution in [0.5, 0.6) is 0 Å². The molecule has 35 heavy (non-hydrogen) atoms. The van der Waals surface area contributed by atoms with E-state index in [0.717, 1.165) is 102 Å². The minimum Gasteiger partial charge on any atom is -0.390 e. The second kappa shape index (κ2) is 13.0. The lowest BCUT2D eigenvalue weighted by Gasteiger charge is -2.32. The summed E-state index contributed by atoms with van der Waals surface area (Å²) in [7, 11) is 2.06. The fraction of sp³-hybridized carbons (Fsp3) is 0.667. The number of hydrogen-bond acceptors (Lipinski definition) is 7. The maximum atomic E-state index is 11.3. The molecule has 0 radical (unpaired) electrons. The topological polar surface area (TPSA) is 82.0 Å². The Balaban J connectivity index is 0.000000509.